The van der Waals surface area contributed by atoms with Gasteiger partial charge in [-0.3, -0.25) is 19.7 Å². The van der Waals surface area contributed by atoms with E-state index in [0.29, 0.717) is 4.90 Å². The second-order valence-corrected chi connectivity index (χ2v) is 5.07. The lowest BCUT2D eigenvalue weighted by atomic mass is 10.1. The first kappa shape index (κ1) is 14.9. The molecule has 108 valence electrons. The minimum atomic E-state index is -0.893. The fraction of sp³-hybridized carbons (Fsp3) is 0.250. The van der Waals surface area contributed by atoms with Crippen LogP contribution in [0.2, 0.25) is 0 Å². The highest BCUT2D eigenvalue weighted by Crippen LogP contribution is 2.32. The first-order valence-electron chi connectivity index (χ1n) is 5.77. The molecule has 1 heterocycles. The Morgan fingerprint density at radius 2 is 2.24 bits per heavy atom. The number of nitro benzene ring substituents is 1. The molecule has 1 saturated heterocycles. The van der Waals surface area contributed by atoms with Gasteiger partial charge in [-0.25, -0.2) is 9.29 Å². The topological polar surface area (TPSA) is 104 Å². The van der Waals surface area contributed by atoms with Crippen molar-refractivity contribution in [1.29, 1.82) is 5.26 Å². The molecule has 0 bridgehead atoms. The van der Waals surface area contributed by atoms with Gasteiger partial charge in [0.2, 0.25) is 11.8 Å². The summed E-state index contributed by atoms with van der Waals surface area (Å²) in [5.74, 6) is -2.78. The molecule has 0 aromatic heterocycles. The summed E-state index contributed by atoms with van der Waals surface area (Å²) in [6.45, 7) is 0. The van der Waals surface area contributed by atoms with Crippen molar-refractivity contribution in [2.45, 2.75) is 6.42 Å². The van der Waals surface area contributed by atoms with Crippen LogP contribution in [0, 0.1) is 32.5 Å². The number of rotatable bonds is 4. The molecule has 1 atom stereocenters. The van der Waals surface area contributed by atoms with Crippen molar-refractivity contribution in [3.8, 4) is 5.40 Å². The van der Waals surface area contributed by atoms with Gasteiger partial charge in [-0.15, -0.1) is 0 Å². The molecule has 9 heteroatoms. The maximum Gasteiger partial charge on any atom is 0.271 e. The average molecular weight is 309 g/mol. The predicted octanol–water partition coefficient (Wildman–Crippen LogP) is 1.83. The molecule has 1 unspecified atom stereocenters. The first-order valence-corrected chi connectivity index (χ1v) is 6.76. The zero-order valence-corrected chi connectivity index (χ0v) is 11.3. The van der Waals surface area contributed by atoms with Gasteiger partial charge in [-0.05, 0) is 17.8 Å². The van der Waals surface area contributed by atoms with Crippen LogP contribution in [0.4, 0.5) is 15.8 Å². The highest BCUT2D eigenvalue weighted by Gasteiger charge is 2.40. The van der Waals surface area contributed by atoms with E-state index in [4.69, 9.17) is 5.26 Å². The fourth-order valence-corrected chi connectivity index (χ4v) is 2.54. The molecule has 2 amide bonds. The Morgan fingerprint density at radius 3 is 2.86 bits per heavy atom. The molecule has 0 aliphatic carbocycles. The average Bonchev–Trinajstić information content (AvgIpc) is 2.72. The summed E-state index contributed by atoms with van der Waals surface area (Å²) in [6.07, 6.45) is -0.143. The Balaban J connectivity index is 2.36. The molecule has 2 rings (SSSR count). The number of hydrogen-bond acceptors (Lipinski definition) is 6. The predicted molar refractivity (Wildman–Crippen MR) is 71.7 cm³/mol. The maximum atomic E-state index is 13.8. The molecular weight excluding hydrogens is 301 g/mol. The van der Waals surface area contributed by atoms with E-state index < -0.39 is 39.8 Å². The fourth-order valence-electron chi connectivity index (χ4n) is 2.00. The number of nitriles is 1. The second kappa shape index (κ2) is 5.88. The van der Waals surface area contributed by atoms with Crippen LogP contribution in [0.5, 0.6) is 0 Å². The number of nitrogens with zero attached hydrogens (tertiary/aromatic N) is 3. The van der Waals surface area contributed by atoms with E-state index in [1.165, 1.54) is 0 Å². The molecule has 1 aromatic carbocycles. The number of thiocyanates is 1. The number of hydrogen-bond donors (Lipinski definition) is 0. The van der Waals surface area contributed by atoms with Crippen molar-refractivity contribution >= 4 is 35.0 Å². The van der Waals surface area contributed by atoms with Gasteiger partial charge in [0.1, 0.15) is 11.2 Å². The lowest BCUT2D eigenvalue weighted by Crippen LogP contribution is -2.31. The lowest BCUT2D eigenvalue weighted by molar-refractivity contribution is -0.384. The Hall–Kier alpha value is -2.47. The van der Waals surface area contributed by atoms with Gasteiger partial charge in [-0.2, -0.15) is 5.26 Å². The number of benzene rings is 1. The summed E-state index contributed by atoms with van der Waals surface area (Å²) in [5.41, 5.74) is -0.842. The lowest BCUT2D eigenvalue weighted by Gasteiger charge is -2.15. The molecule has 1 aliphatic heterocycles. The van der Waals surface area contributed by atoms with E-state index in [1.54, 1.807) is 5.40 Å². The van der Waals surface area contributed by atoms with Crippen molar-refractivity contribution in [1.82, 2.24) is 0 Å². The van der Waals surface area contributed by atoms with Crippen LogP contribution in [0.1, 0.15) is 6.42 Å². The van der Waals surface area contributed by atoms with E-state index in [2.05, 4.69) is 0 Å². The summed E-state index contributed by atoms with van der Waals surface area (Å²) in [4.78, 5) is 34.6. The molecule has 1 aliphatic rings. The summed E-state index contributed by atoms with van der Waals surface area (Å²) in [6, 6.07) is 2.64. The molecule has 0 N–H and O–H groups in total. The number of carbonyl (C=O) groups excluding carboxylic acids is 2. The highest BCUT2D eigenvalue weighted by molar-refractivity contribution is 8.03. The molecule has 0 spiro atoms. The van der Waals surface area contributed by atoms with Crippen LogP contribution in [-0.2, 0) is 9.59 Å². The van der Waals surface area contributed by atoms with Crippen LogP contribution in [0.25, 0.3) is 0 Å². The molecule has 1 aromatic rings. The number of non-ortho nitro benzene ring substituents is 1. The number of nitro groups is 1. The Bertz CT molecular complexity index is 673. The van der Waals surface area contributed by atoms with Crippen LogP contribution < -0.4 is 4.90 Å². The van der Waals surface area contributed by atoms with E-state index in [9.17, 15) is 24.1 Å². The summed E-state index contributed by atoms with van der Waals surface area (Å²) >= 11 is 0.824. The number of imide groups is 1. The monoisotopic (exact) mass is 309 g/mol. The van der Waals surface area contributed by atoms with Gasteiger partial charge in [0.05, 0.1) is 16.5 Å². The minimum Gasteiger partial charge on any atom is -0.274 e. The number of carbonyl (C=O) groups is 2. The van der Waals surface area contributed by atoms with Crippen LogP contribution in [0.15, 0.2) is 18.2 Å². The molecule has 0 radical (unpaired) electrons. The first-order chi connectivity index (χ1) is 9.95. The number of halogens is 1. The minimum absolute atomic E-state index is 0.119. The summed E-state index contributed by atoms with van der Waals surface area (Å²) < 4.78 is 13.8. The maximum absolute atomic E-state index is 13.8. The van der Waals surface area contributed by atoms with Gasteiger partial charge in [0.25, 0.3) is 5.69 Å². The third-order valence-corrected chi connectivity index (χ3v) is 3.67. The Labute approximate surface area is 122 Å². The largest absolute Gasteiger partial charge is 0.274 e. The summed E-state index contributed by atoms with van der Waals surface area (Å²) in [5, 5.41) is 21.0. The molecule has 1 fully saturated rings. The van der Waals surface area contributed by atoms with Gasteiger partial charge in [-0.1, -0.05) is 0 Å². The third-order valence-electron chi connectivity index (χ3n) is 2.97. The van der Waals surface area contributed by atoms with Crippen molar-refractivity contribution in [3.63, 3.8) is 0 Å². The zero-order chi connectivity index (χ0) is 15.6. The van der Waals surface area contributed by atoms with Gasteiger partial charge >= 0.3 is 0 Å². The van der Waals surface area contributed by atoms with Gasteiger partial charge in [0.15, 0.2) is 0 Å². The van der Waals surface area contributed by atoms with E-state index in [1.807, 2.05) is 0 Å². The highest BCUT2D eigenvalue weighted by atomic mass is 32.2. The van der Waals surface area contributed by atoms with Crippen molar-refractivity contribution in [2.75, 3.05) is 10.7 Å². The zero-order valence-electron chi connectivity index (χ0n) is 10.5. The SMILES string of the molecule is N#CSCC1CC(=O)N(c2cc([N+](=O)[O-])ccc2F)C1=O. The van der Waals surface area contributed by atoms with E-state index >= 15 is 0 Å². The van der Waals surface area contributed by atoms with Crippen molar-refractivity contribution in [3.05, 3.63) is 34.1 Å². The second-order valence-electron chi connectivity index (χ2n) is 4.26. The molecule has 21 heavy (non-hydrogen) atoms. The van der Waals surface area contributed by atoms with Crippen LogP contribution >= 0.6 is 11.8 Å². The molecule has 0 saturated carbocycles. The van der Waals surface area contributed by atoms with Gasteiger partial charge in [0, 0.05) is 24.3 Å². The van der Waals surface area contributed by atoms with Crippen molar-refractivity contribution in [2.24, 2.45) is 5.92 Å². The number of thioether (sulfide) groups is 1. The summed E-state index contributed by atoms with van der Waals surface area (Å²) in [7, 11) is 0. The number of amides is 2. The quantitative estimate of drug-likeness (QED) is 0.364. The van der Waals surface area contributed by atoms with Crippen LogP contribution in [0.3, 0.4) is 0 Å². The van der Waals surface area contributed by atoms with Crippen molar-refractivity contribution < 1.29 is 18.9 Å². The standard InChI is InChI=1S/C12H8FN3O4S/c13-9-2-1-8(16(19)20)4-10(9)15-11(17)3-7(12(15)18)5-21-6-14/h1-2,4,7H,3,5H2. The molecule has 7 nitrogen and oxygen atoms in total. The normalized spacial score (nSPS) is 17.9. The van der Waals surface area contributed by atoms with E-state index in [0.717, 1.165) is 30.0 Å². The molecular formula is C12H8FN3O4S. The number of anilines is 1. The van der Waals surface area contributed by atoms with E-state index in [-0.39, 0.29) is 12.2 Å². The Kier molecular flexibility index (Phi) is 4.18. The van der Waals surface area contributed by atoms with Gasteiger partial charge < -0.3 is 0 Å². The smallest absolute Gasteiger partial charge is 0.271 e. The Morgan fingerprint density at radius 1 is 1.52 bits per heavy atom. The van der Waals surface area contributed by atoms with Crippen LogP contribution in [-0.4, -0.2) is 22.5 Å². The third kappa shape index (κ3) is 2.85.